The summed E-state index contributed by atoms with van der Waals surface area (Å²) in [5, 5.41) is 1.28. The minimum absolute atomic E-state index is 0.648. The summed E-state index contributed by atoms with van der Waals surface area (Å²) in [4.78, 5) is 0. The van der Waals surface area contributed by atoms with Crippen molar-refractivity contribution >= 4 is 10.9 Å². The number of aryl methyl sites for hydroxylation is 1. The molecule has 0 bridgehead atoms. The SMILES string of the molecule is C#CCn1ccc2cc(CC)ccc21. The number of terminal acetylenes is 1. The van der Waals surface area contributed by atoms with E-state index in [4.69, 9.17) is 6.42 Å². The summed E-state index contributed by atoms with van der Waals surface area (Å²) in [5.74, 6) is 2.65. The van der Waals surface area contributed by atoms with Crippen LogP contribution >= 0.6 is 0 Å². The third kappa shape index (κ3) is 1.40. The molecule has 1 heteroatoms. The zero-order chi connectivity index (χ0) is 9.97. The van der Waals surface area contributed by atoms with Gasteiger partial charge in [-0.15, -0.1) is 6.42 Å². The van der Waals surface area contributed by atoms with Crippen LogP contribution in [0.4, 0.5) is 0 Å². The molecule has 0 aliphatic rings. The van der Waals surface area contributed by atoms with E-state index in [1.54, 1.807) is 0 Å². The number of nitrogens with zero attached hydrogens (tertiary/aromatic N) is 1. The third-order valence-corrected chi connectivity index (χ3v) is 2.51. The van der Waals surface area contributed by atoms with Crippen LogP contribution in [0.1, 0.15) is 12.5 Å². The van der Waals surface area contributed by atoms with Crippen molar-refractivity contribution in [1.29, 1.82) is 0 Å². The largest absolute Gasteiger partial charge is 0.336 e. The highest BCUT2D eigenvalue weighted by molar-refractivity contribution is 5.80. The molecule has 70 valence electrons. The predicted octanol–water partition coefficient (Wildman–Crippen LogP) is 2.84. The van der Waals surface area contributed by atoms with Gasteiger partial charge in [-0.2, -0.15) is 0 Å². The van der Waals surface area contributed by atoms with E-state index in [9.17, 15) is 0 Å². The van der Waals surface area contributed by atoms with Crippen LogP contribution in [-0.2, 0) is 13.0 Å². The smallest absolute Gasteiger partial charge is 0.0834 e. The Hall–Kier alpha value is -1.68. The molecule has 0 amide bonds. The fourth-order valence-corrected chi connectivity index (χ4v) is 1.71. The van der Waals surface area contributed by atoms with Crippen LogP contribution < -0.4 is 0 Å². The van der Waals surface area contributed by atoms with Crippen LogP contribution in [0.25, 0.3) is 10.9 Å². The molecule has 0 fully saturated rings. The maximum atomic E-state index is 5.30. The Balaban J connectivity index is 2.55. The van der Waals surface area contributed by atoms with Crippen molar-refractivity contribution in [1.82, 2.24) is 4.57 Å². The molecule has 0 atom stereocenters. The first kappa shape index (κ1) is 8.90. The van der Waals surface area contributed by atoms with Crippen LogP contribution in [0.15, 0.2) is 30.5 Å². The summed E-state index contributed by atoms with van der Waals surface area (Å²) in [6, 6.07) is 8.65. The summed E-state index contributed by atoms with van der Waals surface area (Å²) in [7, 11) is 0. The van der Waals surface area contributed by atoms with E-state index in [1.807, 2.05) is 6.20 Å². The van der Waals surface area contributed by atoms with Crippen molar-refractivity contribution in [3.05, 3.63) is 36.0 Å². The van der Waals surface area contributed by atoms with Gasteiger partial charge in [-0.05, 0) is 35.6 Å². The molecule has 1 heterocycles. The quantitative estimate of drug-likeness (QED) is 0.631. The minimum Gasteiger partial charge on any atom is -0.336 e. The van der Waals surface area contributed by atoms with Crippen LogP contribution in [0, 0.1) is 12.3 Å². The molecule has 0 radical (unpaired) electrons. The monoisotopic (exact) mass is 183 g/mol. The summed E-state index contributed by atoms with van der Waals surface area (Å²) in [6.07, 6.45) is 8.42. The van der Waals surface area contributed by atoms with Gasteiger partial charge in [0.05, 0.1) is 6.54 Å². The molecule has 0 aliphatic carbocycles. The molecule has 0 saturated carbocycles. The molecular formula is C13H13N. The highest BCUT2D eigenvalue weighted by Crippen LogP contribution is 2.17. The molecule has 1 nitrogen and oxygen atoms in total. The first-order valence-electron chi connectivity index (χ1n) is 4.86. The van der Waals surface area contributed by atoms with Gasteiger partial charge in [0.1, 0.15) is 0 Å². The Bertz CT molecular complexity index is 485. The number of aromatic nitrogens is 1. The van der Waals surface area contributed by atoms with Gasteiger partial charge in [-0.25, -0.2) is 0 Å². The normalized spacial score (nSPS) is 10.3. The summed E-state index contributed by atoms with van der Waals surface area (Å²) < 4.78 is 2.09. The summed E-state index contributed by atoms with van der Waals surface area (Å²) in [5.41, 5.74) is 2.59. The molecule has 0 aliphatic heterocycles. The maximum Gasteiger partial charge on any atom is 0.0834 e. The van der Waals surface area contributed by atoms with Crippen LogP contribution in [-0.4, -0.2) is 4.57 Å². The predicted molar refractivity (Wildman–Crippen MR) is 60.1 cm³/mol. The number of rotatable bonds is 2. The zero-order valence-corrected chi connectivity index (χ0v) is 8.33. The van der Waals surface area contributed by atoms with Gasteiger partial charge in [-0.3, -0.25) is 0 Å². The molecule has 0 spiro atoms. The van der Waals surface area contributed by atoms with Crippen LogP contribution in [0.5, 0.6) is 0 Å². The van der Waals surface area contributed by atoms with Crippen molar-refractivity contribution in [2.75, 3.05) is 0 Å². The topological polar surface area (TPSA) is 4.93 Å². The Labute approximate surface area is 84.4 Å². The number of hydrogen-bond donors (Lipinski definition) is 0. The van der Waals surface area contributed by atoms with Gasteiger partial charge in [0.25, 0.3) is 0 Å². The second kappa shape index (κ2) is 3.59. The van der Waals surface area contributed by atoms with Crippen molar-refractivity contribution in [3.8, 4) is 12.3 Å². The van der Waals surface area contributed by atoms with Gasteiger partial charge >= 0.3 is 0 Å². The standard InChI is InChI=1S/C13H13N/c1-3-8-14-9-7-12-10-11(4-2)5-6-13(12)14/h1,5-7,9-10H,4,8H2,2H3. The van der Waals surface area contributed by atoms with E-state index in [0.29, 0.717) is 6.54 Å². The van der Waals surface area contributed by atoms with Crippen LogP contribution in [0.3, 0.4) is 0 Å². The highest BCUT2D eigenvalue weighted by Gasteiger charge is 1.99. The molecule has 14 heavy (non-hydrogen) atoms. The lowest BCUT2D eigenvalue weighted by molar-refractivity contribution is 0.886. The van der Waals surface area contributed by atoms with Crippen molar-refractivity contribution in [2.24, 2.45) is 0 Å². The average Bonchev–Trinajstić information content (AvgIpc) is 2.61. The second-order valence-electron chi connectivity index (χ2n) is 3.39. The van der Waals surface area contributed by atoms with Gasteiger partial charge in [-0.1, -0.05) is 18.9 Å². The van der Waals surface area contributed by atoms with Crippen molar-refractivity contribution < 1.29 is 0 Å². The fraction of sp³-hybridized carbons (Fsp3) is 0.231. The number of hydrogen-bond acceptors (Lipinski definition) is 0. The zero-order valence-electron chi connectivity index (χ0n) is 8.33. The Morgan fingerprint density at radius 3 is 2.93 bits per heavy atom. The summed E-state index contributed by atoms with van der Waals surface area (Å²) in [6.45, 7) is 2.81. The van der Waals surface area contributed by atoms with E-state index >= 15 is 0 Å². The molecule has 2 rings (SSSR count). The number of fused-ring (bicyclic) bond motifs is 1. The van der Waals surface area contributed by atoms with Crippen LogP contribution in [0.2, 0.25) is 0 Å². The van der Waals surface area contributed by atoms with Gasteiger partial charge < -0.3 is 4.57 Å². The number of benzene rings is 1. The Morgan fingerprint density at radius 2 is 2.21 bits per heavy atom. The molecule has 0 saturated heterocycles. The first-order valence-corrected chi connectivity index (χ1v) is 4.86. The van der Waals surface area contributed by atoms with Crippen molar-refractivity contribution in [2.45, 2.75) is 19.9 Å². The average molecular weight is 183 g/mol. The lowest BCUT2D eigenvalue weighted by Crippen LogP contribution is -1.92. The molecule has 0 unspecified atom stereocenters. The molecular weight excluding hydrogens is 170 g/mol. The lowest BCUT2D eigenvalue weighted by atomic mass is 10.1. The maximum absolute atomic E-state index is 5.30. The molecule has 0 N–H and O–H groups in total. The third-order valence-electron chi connectivity index (χ3n) is 2.51. The van der Waals surface area contributed by atoms with E-state index in [-0.39, 0.29) is 0 Å². The highest BCUT2D eigenvalue weighted by atomic mass is 14.9. The van der Waals surface area contributed by atoms with Gasteiger partial charge in [0, 0.05) is 11.7 Å². The van der Waals surface area contributed by atoms with Crippen molar-refractivity contribution in [3.63, 3.8) is 0 Å². The van der Waals surface area contributed by atoms with E-state index < -0.39 is 0 Å². The first-order chi connectivity index (χ1) is 6.85. The van der Waals surface area contributed by atoms with E-state index in [0.717, 1.165) is 6.42 Å². The lowest BCUT2D eigenvalue weighted by Gasteiger charge is -2.01. The van der Waals surface area contributed by atoms with Gasteiger partial charge in [0.15, 0.2) is 0 Å². The minimum atomic E-state index is 0.648. The Kier molecular flexibility index (Phi) is 2.28. The fourth-order valence-electron chi connectivity index (χ4n) is 1.71. The van der Waals surface area contributed by atoms with E-state index in [2.05, 4.69) is 41.7 Å². The second-order valence-corrected chi connectivity index (χ2v) is 3.39. The van der Waals surface area contributed by atoms with Gasteiger partial charge in [0.2, 0.25) is 0 Å². The van der Waals surface area contributed by atoms with E-state index in [1.165, 1.54) is 16.5 Å². The Morgan fingerprint density at radius 1 is 1.36 bits per heavy atom. The molecule has 1 aromatic heterocycles. The summed E-state index contributed by atoms with van der Waals surface area (Å²) >= 11 is 0. The molecule has 2 aromatic rings. The molecule has 1 aromatic carbocycles.